The molecule has 3 atom stereocenters. The van der Waals surface area contributed by atoms with Crippen LogP contribution in [0.2, 0.25) is 0 Å². The van der Waals surface area contributed by atoms with Crippen LogP contribution >= 0.6 is 0 Å². The van der Waals surface area contributed by atoms with Crippen LogP contribution in [0, 0.1) is 5.21 Å². The van der Waals surface area contributed by atoms with E-state index in [9.17, 15) is 14.8 Å². The van der Waals surface area contributed by atoms with Gasteiger partial charge in [-0.15, -0.1) is 0 Å². The summed E-state index contributed by atoms with van der Waals surface area (Å²) in [4.78, 5) is 23.9. The average Bonchev–Trinajstić information content (AvgIpc) is 3.22. The molecule has 15 heteroatoms. The molecule has 1 saturated heterocycles. The number of hydrogen-bond acceptors (Lipinski definition) is 12. The Morgan fingerprint density at radius 3 is 1.86 bits per heavy atom. The van der Waals surface area contributed by atoms with E-state index in [2.05, 4.69) is 5.32 Å². The van der Waals surface area contributed by atoms with E-state index >= 15 is 0 Å². The maximum Gasteiger partial charge on any atom is 0.274 e. The molecule has 15 nitrogen and oxygen atoms in total. The van der Waals surface area contributed by atoms with Gasteiger partial charge in [0.1, 0.15) is 12.1 Å². The van der Waals surface area contributed by atoms with Gasteiger partial charge in [-0.25, -0.2) is 0 Å². The lowest BCUT2D eigenvalue weighted by Gasteiger charge is -2.29. The molecule has 1 fully saturated rings. The van der Waals surface area contributed by atoms with Gasteiger partial charge in [0, 0.05) is 33.8 Å². The SMILES string of the molecule is COCCOCCOCCOCC(COCCCNC(=O)CCN1C(=O)CC(C)[NH+]1[O-])OCCOCCOCCOC. The van der Waals surface area contributed by atoms with Gasteiger partial charge in [0.25, 0.3) is 5.91 Å². The Morgan fingerprint density at radius 1 is 0.833 bits per heavy atom. The Balaban J connectivity index is 2.17. The second kappa shape index (κ2) is 27.1. The summed E-state index contributed by atoms with van der Waals surface area (Å²) in [6.45, 7) is 9.05. The van der Waals surface area contributed by atoms with Gasteiger partial charge in [0.2, 0.25) is 5.91 Å². The topological polar surface area (TPSA) is 160 Å². The van der Waals surface area contributed by atoms with Crippen LogP contribution in [-0.4, -0.2) is 155 Å². The van der Waals surface area contributed by atoms with Gasteiger partial charge in [-0.05, 0) is 13.3 Å². The van der Waals surface area contributed by atoms with Gasteiger partial charge >= 0.3 is 0 Å². The van der Waals surface area contributed by atoms with Crippen molar-refractivity contribution in [1.29, 1.82) is 0 Å². The number of nitrogens with one attached hydrogen (secondary N) is 2. The minimum Gasteiger partial charge on any atom is -0.607 e. The first-order chi connectivity index (χ1) is 20.5. The molecule has 1 rings (SSSR count). The van der Waals surface area contributed by atoms with E-state index < -0.39 is 0 Å². The zero-order chi connectivity index (χ0) is 30.7. The lowest BCUT2D eigenvalue weighted by atomic mass is 10.3. The Labute approximate surface area is 249 Å². The van der Waals surface area contributed by atoms with Crippen molar-refractivity contribution in [2.75, 3.05) is 126 Å². The summed E-state index contributed by atoms with van der Waals surface area (Å²) >= 11 is 0. The maximum atomic E-state index is 12.1. The van der Waals surface area contributed by atoms with Gasteiger partial charge in [-0.2, -0.15) is 5.01 Å². The summed E-state index contributed by atoms with van der Waals surface area (Å²) in [5.74, 6) is -0.429. The highest BCUT2D eigenvalue weighted by Crippen LogP contribution is 2.02. The van der Waals surface area contributed by atoms with Gasteiger partial charge in [-0.3, -0.25) is 14.8 Å². The number of hydroxylamine groups is 1. The lowest BCUT2D eigenvalue weighted by Crippen LogP contribution is -3.14. The Kier molecular flexibility index (Phi) is 24.8. The molecule has 0 aromatic heterocycles. The van der Waals surface area contributed by atoms with Gasteiger partial charge in [0.05, 0.1) is 105 Å². The summed E-state index contributed by atoms with van der Waals surface area (Å²) in [5, 5.41) is 15.7. The van der Waals surface area contributed by atoms with Crippen molar-refractivity contribution < 1.29 is 57.4 Å². The molecule has 0 bridgehead atoms. The van der Waals surface area contributed by atoms with E-state index in [1.807, 2.05) is 0 Å². The van der Waals surface area contributed by atoms with E-state index in [1.165, 1.54) is 5.01 Å². The Morgan fingerprint density at radius 2 is 1.33 bits per heavy atom. The average molecular weight is 612 g/mol. The summed E-state index contributed by atoms with van der Waals surface area (Å²) < 4.78 is 48.9. The van der Waals surface area contributed by atoms with Crippen LogP contribution in [0.5, 0.6) is 0 Å². The normalized spacial score (nSPS) is 17.7. The third-order valence-corrected chi connectivity index (χ3v) is 5.99. The molecule has 0 aromatic rings. The molecular weight excluding hydrogens is 558 g/mol. The molecule has 2 amide bonds. The van der Waals surface area contributed by atoms with Crippen LogP contribution in [0.1, 0.15) is 26.2 Å². The first-order valence-electron chi connectivity index (χ1n) is 14.7. The molecule has 1 aliphatic heterocycles. The predicted molar refractivity (Wildman–Crippen MR) is 151 cm³/mol. The van der Waals surface area contributed by atoms with Crippen LogP contribution in [0.3, 0.4) is 0 Å². The number of hydrogen-bond donors (Lipinski definition) is 2. The summed E-state index contributed by atoms with van der Waals surface area (Å²) in [5.41, 5.74) is 0. The maximum absolute atomic E-state index is 12.1. The van der Waals surface area contributed by atoms with E-state index in [4.69, 9.17) is 42.6 Å². The van der Waals surface area contributed by atoms with E-state index in [0.29, 0.717) is 112 Å². The second-order valence-corrected chi connectivity index (χ2v) is 9.52. The number of nitrogens with zero attached hydrogens (tertiary/aromatic N) is 1. The Bertz CT molecular complexity index is 664. The highest BCUT2D eigenvalue weighted by atomic mass is 16.6. The standard InChI is InChI=1S/C27H53N3O12/c1-24-21-27(32)29(30(24)33)7-5-26(31)28-6-4-8-40-22-25(42-20-19-39-16-14-37-12-10-35-3)23-41-18-17-38-15-13-36-11-9-34-2/h24-25,30H,4-23H2,1-3H3,(H,28,31). The third-order valence-electron chi connectivity index (χ3n) is 5.99. The summed E-state index contributed by atoms with van der Waals surface area (Å²) in [6, 6.07) is -0.306. The Hall–Kier alpha value is -1.50. The van der Waals surface area contributed by atoms with Gasteiger partial charge < -0.3 is 53.2 Å². The number of carbonyl (C=O) groups is 2. The molecule has 0 aliphatic carbocycles. The third kappa shape index (κ3) is 20.4. The number of ether oxygens (including phenoxy) is 9. The highest BCUT2D eigenvalue weighted by molar-refractivity contribution is 5.79. The van der Waals surface area contributed by atoms with Gasteiger partial charge in [0.15, 0.2) is 0 Å². The zero-order valence-corrected chi connectivity index (χ0v) is 25.6. The molecular formula is C27H53N3O12. The lowest BCUT2D eigenvalue weighted by molar-refractivity contribution is -0.968. The van der Waals surface area contributed by atoms with Crippen LogP contribution in [-0.2, 0) is 52.2 Å². The molecule has 1 heterocycles. The smallest absolute Gasteiger partial charge is 0.274 e. The van der Waals surface area contributed by atoms with Crippen LogP contribution in [0.25, 0.3) is 0 Å². The molecule has 0 saturated carbocycles. The molecule has 42 heavy (non-hydrogen) atoms. The van der Waals surface area contributed by atoms with Crippen molar-refractivity contribution in [3.05, 3.63) is 5.21 Å². The largest absolute Gasteiger partial charge is 0.607 e. The predicted octanol–water partition coefficient (Wildman–Crippen LogP) is -1.42. The summed E-state index contributed by atoms with van der Waals surface area (Å²) in [6.07, 6.45) is 0.606. The van der Waals surface area contributed by atoms with Crippen molar-refractivity contribution in [3.63, 3.8) is 0 Å². The molecule has 248 valence electrons. The molecule has 2 N–H and O–H groups in total. The first kappa shape index (κ1) is 38.5. The minimum atomic E-state index is -0.306. The fourth-order valence-electron chi connectivity index (χ4n) is 3.68. The fourth-order valence-corrected chi connectivity index (χ4v) is 3.68. The molecule has 3 unspecified atom stereocenters. The number of amides is 2. The van der Waals surface area contributed by atoms with Crippen molar-refractivity contribution in [1.82, 2.24) is 10.3 Å². The van der Waals surface area contributed by atoms with Gasteiger partial charge in [-0.1, -0.05) is 0 Å². The number of carbonyl (C=O) groups excluding carboxylic acids is 2. The quantitative estimate of drug-likeness (QED) is 0.0722. The van der Waals surface area contributed by atoms with Crippen molar-refractivity contribution >= 4 is 11.8 Å². The van der Waals surface area contributed by atoms with E-state index in [-0.39, 0.29) is 48.5 Å². The van der Waals surface area contributed by atoms with Crippen LogP contribution in [0.15, 0.2) is 0 Å². The fraction of sp³-hybridized carbons (Fsp3) is 0.926. The molecule has 0 aromatic carbocycles. The van der Waals surface area contributed by atoms with Crippen molar-refractivity contribution in [2.24, 2.45) is 0 Å². The monoisotopic (exact) mass is 611 g/mol. The van der Waals surface area contributed by atoms with E-state index in [1.54, 1.807) is 21.1 Å². The van der Waals surface area contributed by atoms with E-state index in [0.717, 1.165) is 0 Å². The molecule has 0 radical (unpaired) electrons. The number of methoxy groups -OCH3 is 2. The first-order valence-corrected chi connectivity index (χ1v) is 14.7. The minimum absolute atomic E-state index is 0.0875. The molecule has 1 aliphatic rings. The van der Waals surface area contributed by atoms with Crippen LogP contribution < -0.4 is 10.5 Å². The highest BCUT2D eigenvalue weighted by Gasteiger charge is 2.34. The van der Waals surface area contributed by atoms with Crippen LogP contribution in [0.4, 0.5) is 0 Å². The summed E-state index contributed by atoms with van der Waals surface area (Å²) in [7, 11) is 3.25. The number of quaternary nitrogens is 1. The molecule has 0 spiro atoms. The van der Waals surface area contributed by atoms with Crippen molar-refractivity contribution in [3.8, 4) is 0 Å². The second-order valence-electron chi connectivity index (χ2n) is 9.52. The number of rotatable bonds is 30. The zero-order valence-electron chi connectivity index (χ0n) is 25.6. The van der Waals surface area contributed by atoms with Crippen molar-refractivity contribution in [2.45, 2.75) is 38.3 Å².